The Morgan fingerprint density at radius 3 is 3.10 bits per heavy atom. The SMILES string of the molecule is Cc1nc(/C=C/C#N)cs1. The van der Waals surface area contributed by atoms with E-state index in [0.717, 1.165) is 10.7 Å². The van der Waals surface area contributed by atoms with Gasteiger partial charge in [-0.25, -0.2) is 4.98 Å². The van der Waals surface area contributed by atoms with Crippen LogP contribution in [0, 0.1) is 18.3 Å². The van der Waals surface area contributed by atoms with Gasteiger partial charge in [0.1, 0.15) is 0 Å². The number of nitrogens with zero attached hydrogens (tertiary/aromatic N) is 2. The molecule has 0 fully saturated rings. The van der Waals surface area contributed by atoms with Crippen molar-refractivity contribution >= 4 is 17.4 Å². The van der Waals surface area contributed by atoms with E-state index in [9.17, 15) is 0 Å². The van der Waals surface area contributed by atoms with E-state index in [1.807, 2.05) is 18.4 Å². The zero-order chi connectivity index (χ0) is 7.40. The molecule has 0 radical (unpaired) electrons. The van der Waals surface area contributed by atoms with Crippen LogP contribution in [0.5, 0.6) is 0 Å². The summed E-state index contributed by atoms with van der Waals surface area (Å²) in [5.41, 5.74) is 0.865. The van der Waals surface area contributed by atoms with Crippen molar-refractivity contribution in [3.05, 3.63) is 22.2 Å². The highest BCUT2D eigenvalue weighted by Gasteiger charge is 1.90. The van der Waals surface area contributed by atoms with Crippen LogP contribution in [-0.4, -0.2) is 4.98 Å². The lowest BCUT2D eigenvalue weighted by atomic mass is 10.4. The van der Waals surface area contributed by atoms with Gasteiger partial charge in [0.2, 0.25) is 0 Å². The van der Waals surface area contributed by atoms with Gasteiger partial charge in [0.05, 0.1) is 16.8 Å². The Morgan fingerprint density at radius 2 is 2.60 bits per heavy atom. The van der Waals surface area contributed by atoms with Crippen molar-refractivity contribution < 1.29 is 0 Å². The molecule has 0 N–H and O–H groups in total. The van der Waals surface area contributed by atoms with E-state index in [0.29, 0.717) is 0 Å². The zero-order valence-electron chi connectivity index (χ0n) is 5.53. The van der Waals surface area contributed by atoms with Crippen LogP contribution in [0.4, 0.5) is 0 Å². The fourth-order valence-electron chi connectivity index (χ4n) is 0.579. The molecule has 0 unspecified atom stereocenters. The van der Waals surface area contributed by atoms with Crippen LogP contribution in [0.15, 0.2) is 11.5 Å². The van der Waals surface area contributed by atoms with Gasteiger partial charge in [-0.2, -0.15) is 5.26 Å². The Bertz CT molecular complexity index is 280. The highest BCUT2D eigenvalue weighted by Crippen LogP contribution is 2.08. The van der Waals surface area contributed by atoms with Crippen molar-refractivity contribution in [3.8, 4) is 6.07 Å². The van der Waals surface area contributed by atoms with E-state index in [-0.39, 0.29) is 0 Å². The third-order valence-corrected chi connectivity index (χ3v) is 1.76. The highest BCUT2D eigenvalue weighted by molar-refractivity contribution is 7.09. The van der Waals surface area contributed by atoms with E-state index in [4.69, 9.17) is 5.26 Å². The van der Waals surface area contributed by atoms with Crippen LogP contribution < -0.4 is 0 Å². The number of nitriles is 1. The molecule has 10 heavy (non-hydrogen) atoms. The summed E-state index contributed by atoms with van der Waals surface area (Å²) < 4.78 is 0. The molecule has 0 bridgehead atoms. The maximum atomic E-state index is 8.17. The summed E-state index contributed by atoms with van der Waals surface area (Å²) in [5, 5.41) is 11.1. The summed E-state index contributed by atoms with van der Waals surface area (Å²) in [6, 6.07) is 1.91. The fraction of sp³-hybridized carbons (Fsp3) is 0.143. The molecule has 0 aliphatic carbocycles. The molecular formula is C7H6N2S. The minimum Gasteiger partial charge on any atom is -0.242 e. The molecule has 0 spiro atoms. The first-order chi connectivity index (χ1) is 4.83. The Labute approximate surface area is 63.5 Å². The lowest BCUT2D eigenvalue weighted by molar-refractivity contribution is 1.27. The third-order valence-electron chi connectivity index (χ3n) is 0.965. The summed E-state index contributed by atoms with van der Waals surface area (Å²) in [5.74, 6) is 0. The molecule has 0 saturated heterocycles. The molecule has 2 nitrogen and oxygen atoms in total. The molecule has 0 atom stereocenters. The van der Waals surface area contributed by atoms with E-state index >= 15 is 0 Å². The first kappa shape index (κ1) is 6.97. The second-order valence-corrected chi connectivity index (χ2v) is 2.82. The van der Waals surface area contributed by atoms with Gasteiger partial charge in [-0.3, -0.25) is 0 Å². The van der Waals surface area contributed by atoms with Gasteiger partial charge in [0, 0.05) is 11.5 Å². The number of rotatable bonds is 1. The average molecular weight is 150 g/mol. The van der Waals surface area contributed by atoms with Gasteiger partial charge in [-0.15, -0.1) is 11.3 Å². The van der Waals surface area contributed by atoms with Crippen molar-refractivity contribution in [2.75, 3.05) is 0 Å². The number of aromatic nitrogens is 1. The van der Waals surface area contributed by atoms with Crippen molar-refractivity contribution in [3.63, 3.8) is 0 Å². The minimum atomic E-state index is 0.865. The maximum absolute atomic E-state index is 8.17. The number of hydrogen-bond donors (Lipinski definition) is 0. The maximum Gasteiger partial charge on any atom is 0.0912 e. The van der Waals surface area contributed by atoms with Crippen LogP contribution in [0.25, 0.3) is 6.08 Å². The predicted octanol–water partition coefficient (Wildman–Crippen LogP) is 1.99. The number of hydrogen-bond acceptors (Lipinski definition) is 3. The van der Waals surface area contributed by atoms with Crippen molar-refractivity contribution in [1.29, 1.82) is 5.26 Å². The molecule has 50 valence electrons. The van der Waals surface area contributed by atoms with Gasteiger partial charge < -0.3 is 0 Å². The summed E-state index contributed by atoms with van der Waals surface area (Å²) in [7, 11) is 0. The Kier molecular flexibility index (Phi) is 2.19. The Morgan fingerprint density at radius 1 is 1.80 bits per heavy atom. The van der Waals surface area contributed by atoms with Crippen LogP contribution >= 0.6 is 11.3 Å². The zero-order valence-corrected chi connectivity index (χ0v) is 6.35. The second-order valence-electron chi connectivity index (χ2n) is 1.75. The number of aryl methyl sites for hydroxylation is 1. The number of thiazole rings is 1. The van der Waals surface area contributed by atoms with Gasteiger partial charge >= 0.3 is 0 Å². The van der Waals surface area contributed by atoms with Crippen LogP contribution in [-0.2, 0) is 0 Å². The molecule has 1 heterocycles. The quantitative estimate of drug-likeness (QED) is 0.574. The Balaban J connectivity index is 2.78. The van der Waals surface area contributed by atoms with Crippen LogP contribution in [0.1, 0.15) is 10.7 Å². The lowest BCUT2D eigenvalue weighted by Crippen LogP contribution is -1.69. The van der Waals surface area contributed by atoms with E-state index in [1.165, 1.54) is 6.08 Å². The number of allylic oxidation sites excluding steroid dienone is 1. The first-order valence-corrected chi connectivity index (χ1v) is 3.69. The van der Waals surface area contributed by atoms with Gasteiger partial charge in [0.25, 0.3) is 0 Å². The van der Waals surface area contributed by atoms with Gasteiger partial charge in [-0.05, 0) is 13.0 Å². The normalized spacial score (nSPS) is 10.0. The predicted molar refractivity (Wildman–Crippen MR) is 41.5 cm³/mol. The highest BCUT2D eigenvalue weighted by atomic mass is 32.1. The van der Waals surface area contributed by atoms with Gasteiger partial charge in [-0.1, -0.05) is 0 Å². The average Bonchev–Trinajstić information content (AvgIpc) is 2.31. The van der Waals surface area contributed by atoms with E-state index in [2.05, 4.69) is 4.98 Å². The summed E-state index contributed by atoms with van der Waals surface area (Å²) in [4.78, 5) is 4.13. The third kappa shape index (κ3) is 1.67. The summed E-state index contributed by atoms with van der Waals surface area (Å²) in [6.45, 7) is 1.94. The lowest BCUT2D eigenvalue weighted by Gasteiger charge is -1.75. The van der Waals surface area contributed by atoms with Crippen molar-refractivity contribution in [2.45, 2.75) is 6.92 Å². The molecule has 1 aromatic heterocycles. The summed E-state index contributed by atoms with van der Waals surface area (Å²) >= 11 is 1.58. The molecule has 0 aliphatic rings. The fourth-order valence-corrected chi connectivity index (χ4v) is 1.16. The molecule has 0 amide bonds. The Hall–Kier alpha value is -1.14. The molecule has 0 saturated carbocycles. The second kappa shape index (κ2) is 3.14. The monoisotopic (exact) mass is 150 g/mol. The van der Waals surface area contributed by atoms with Crippen molar-refractivity contribution in [1.82, 2.24) is 4.98 Å². The first-order valence-electron chi connectivity index (χ1n) is 2.81. The molecule has 1 aromatic rings. The van der Waals surface area contributed by atoms with Crippen LogP contribution in [0.2, 0.25) is 0 Å². The smallest absolute Gasteiger partial charge is 0.0912 e. The van der Waals surface area contributed by atoms with E-state index < -0.39 is 0 Å². The van der Waals surface area contributed by atoms with Crippen LogP contribution in [0.3, 0.4) is 0 Å². The van der Waals surface area contributed by atoms with E-state index in [1.54, 1.807) is 17.4 Å². The molecule has 1 rings (SSSR count). The summed E-state index contributed by atoms with van der Waals surface area (Å²) in [6.07, 6.45) is 3.12. The molecule has 3 heteroatoms. The molecule has 0 aliphatic heterocycles. The molecular weight excluding hydrogens is 144 g/mol. The van der Waals surface area contributed by atoms with Gasteiger partial charge in [0.15, 0.2) is 0 Å². The minimum absolute atomic E-state index is 0.865. The standard InChI is InChI=1S/C7H6N2S/c1-6-9-7(5-10-6)3-2-4-8/h2-3,5H,1H3/b3-2+. The topological polar surface area (TPSA) is 36.7 Å². The van der Waals surface area contributed by atoms with Crippen molar-refractivity contribution in [2.24, 2.45) is 0 Å². The largest absolute Gasteiger partial charge is 0.242 e. The molecule has 0 aromatic carbocycles.